The number of fused-ring (bicyclic) bond motifs is 2. The number of para-hydroxylation sites is 1. The zero-order valence-corrected chi connectivity index (χ0v) is 16.8. The van der Waals surface area contributed by atoms with E-state index in [9.17, 15) is 9.18 Å². The first-order valence-electron chi connectivity index (χ1n) is 9.32. The van der Waals surface area contributed by atoms with Crippen LogP contribution in [0.2, 0.25) is 0 Å². The molecule has 30 heavy (non-hydrogen) atoms. The van der Waals surface area contributed by atoms with Gasteiger partial charge in [-0.25, -0.2) is 14.4 Å². The van der Waals surface area contributed by atoms with Gasteiger partial charge in [0, 0.05) is 12.4 Å². The molecule has 0 unspecified atom stereocenters. The number of aryl methyl sites for hydroxylation is 1. The van der Waals surface area contributed by atoms with Crippen LogP contribution in [0.25, 0.3) is 15.9 Å². The van der Waals surface area contributed by atoms with E-state index >= 15 is 0 Å². The molecule has 0 saturated heterocycles. The van der Waals surface area contributed by atoms with Gasteiger partial charge >= 0.3 is 0 Å². The van der Waals surface area contributed by atoms with Crippen molar-refractivity contribution in [3.05, 3.63) is 89.9 Å². The lowest BCUT2D eigenvalue weighted by atomic mass is 10.2. The SMILES string of the molecule is Cc1nc2ccccn2c1C(=O)N(Cc1ccccn1)c1nc2c(F)cccc2s1. The average Bonchev–Trinajstić information content (AvgIpc) is 3.33. The van der Waals surface area contributed by atoms with Crippen LogP contribution in [0.3, 0.4) is 0 Å². The van der Waals surface area contributed by atoms with Crippen LogP contribution in [0.5, 0.6) is 0 Å². The highest BCUT2D eigenvalue weighted by Crippen LogP contribution is 2.32. The number of carbonyl (C=O) groups excluding carboxylic acids is 1. The first-order valence-corrected chi connectivity index (χ1v) is 10.1. The van der Waals surface area contributed by atoms with Gasteiger partial charge in [0.1, 0.15) is 22.7 Å². The zero-order chi connectivity index (χ0) is 20.7. The van der Waals surface area contributed by atoms with Gasteiger partial charge in [0.15, 0.2) is 5.13 Å². The number of hydrogen-bond acceptors (Lipinski definition) is 5. The van der Waals surface area contributed by atoms with Crippen molar-refractivity contribution in [3.8, 4) is 0 Å². The highest BCUT2D eigenvalue weighted by molar-refractivity contribution is 7.22. The third kappa shape index (κ3) is 3.11. The first-order chi connectivity index (χ1) is 14.6. The van der Waals surface area contributed by atoms with Gasteiger partial charge in [-0.2, -0.15) is 0 Å². The molecule has 0 fully saturated rings. The molecule has 1 amide bonds. The number of amides is 1. The molecule has 0 atom stereocenters. The van der Waals surface area contributed by atoms with Crippen LogP contribution >= 0.6 is 11.3 Å². The summed E-state index contributed by atoms with van der Waals surface area (Å²) >= 11 is 1.27. The Balaban J connectivity index is 1.66. The van der Waals surface area contributed by atoms with Crippen molar-refractivity contribution in [3.63, 3.8) is 0 Å². The lowest BCUT2D eigenvalue weighted by Crippen LogP contribution is -2.32. The second kappa shape index (κ2) is 7.31. The van der Waals surface area contributed by atoms with Crippen LogP contribution in [-0.4, -0.2) is 25.3 Å². The topological polar surface area (TPSA) is 63.4 Å². The van der Waals surface area contributed by atoms with Crippen LogP contribution in [0, 0.1) is 12.7 Å². The minimum absolute atomic E-state index is 0.209. The van der Waals surface area contributed by atoms with Crippen LogP contribution in [0.15, 0.2) is 67.0 Å². The molecule has 0 radical (unpaired) electrons. The summed E-state index contributed by atoms with van der Waals surface area (Å²) in [6.45, 7) is 2.01. The maximum Gasteiger partial charge on any atom is 0.279 e. The fraction of sp³-hybridized carbons (Fsp3) is 0.0909. The molecule has 0 saturated carbocycles. The van der Waals surface area contributed by atoms with E-state index in [2.05, 4.69) is 15.0 Å². The fourth-order valence-electron chi connectivity index (χ4n) is 3.40. The van der Waals surface area contributed by atoms with E-state index in [1.54, 1.807) is 35.9 Å². The number of thiazole rings is 1. The quantitative estimate of drug-likeness (QED) is 0.428. The van der Waals surface area contributed by atoms with E-state index < -0.39 is 5.82 Å². The predicted octanol–water partition coefficient (Wildman–Crippen LogP) is 4.63. The molecule has 8 heteroatoms. The first kappa shape index (κ1) is 18.4. The minimum Gasteiger partial charge on any atom is -0.295 e. The molecule has 0 aliphatic carbocycles. The lowest BCUT2D eigenvalue weighted by Gasteiger charge is -2.19. The van der Waals surface area contributed by atoms with Crippen LogP contribution in [0.4, 0.5) is 9.52 Å². The summed E-state index contributed by atoms with van der Waals surface area (Å²) in [5, 5.41) is 0.413. The van der Waals surface area contributed by atoms with E-state index in [-0.39, 0.29) is 18.0 Å². The van der Waals surface area contributed by atoms with Gasteiger partial charge in [-0.15, -0.1) is 0 Å². The number of imidazole rings is 1. The van der Waals surface area contributed by atoms with Gasteiger partial charge in [0.05, 0.1) is 22.6 Å². The molecular formula is C22H16FN5OS. The highest BCUT2D eigenvalue weighted by Gasteiger charge is 2.27. The van der Waals surface area contributed by atoms with E-state index in [1.165, 1.54) is 22.3 Å². The number of carbonyl (C=O) groups is 1. The minimum atomic E-state index is -0.411. The second-order valence-corrected chi connectivity index (χ2v) is 7.78. The number of aromatic nitrogens is 4. The van der Waals surface area contributed by atoms with E-state index in [4.69, 9.17) is 0 Å². The van der Waals surface area contributed by atoms with E-state index in [0.29, 0.717) is 32.6 Å². The van der Waals surface area contributed by atoms with Crippen LogP contribution in [-0.2, 0) is 6.54 Å². The Labute approximate surface area is 175 Å². The monoisotopic (exact) mass is 417 g/mol. The van der Waals surface area contributed by atoms with Gasteiger partial charge in [0.2, 0.25) is 0 Å². The summed E-state index contributed by atoms with van der Waals surface area (Å²) < 4.78 is 16.7. The van der Waals surface area contributed by atoms with Crippen molar-refractivity contribution >= 4 is 38.2 Å². The van der Waals surface area contributed by atoms with Crippen molar-refractivity contribution in [2.75, 3.05) is 4.90 Å². The van der Waals surface area contributed by atoms with Crippen molar-refractivity contribution in [1.82, 2.24) is 19.4 Å². The number of benzene rings is 1. The molecular weight excluding hydrogens is 401 g/mol. The van der Waals surface area contributed by atoms with E-state index in [1.807, 2.05) is 36.4 Å². The number of nitrogens with zero attached hydrogens (tertiary/aromatic N) is 5. The summed E-state index contributed by atoms with van der Waals surface area (Å²) in [5.41, 5.74) is 2.71. The Morgan fingerprint density at radius 3 is 2.77 bits per heavy atom. The number of rotatable bonds is 4. The third-order valence-corrected chi connectivity index (χ3v) is 5.83. The molecule has 5 rings (SSSR count). The summed E-state index contributed by atoms with van der Waals surface area (Å²) in [5.74, 6) is -0.678. The molecule has 5 aromatic rings. The summed E-state index contributed by atoms with van der Waals surface area (Å²) in [6.07, 6.45) is 3.48. The summed E-state index contributed by atoms with van der Waals surface area (Å²) in [4.78, 5) is 28.5. The Morgan fingerprint density at radius 2 is 1.97 bits per heavy atom. The van der Waals surface area contributed by atoms with Gasteiger partial charge in [-0.1, -0.05) is 29.5 Å². The van der Waals surface area contributed by atoms with Crippen LogP contribution in [0.1, 0.15) is 21.9 Å². The second-order valence-electron chi connectivity index (χ2n) is 6.77. The van der Waals surface area contributed by atoms with Crippen molar-refractivity contribution in [2.45, 2.75) is 13.5 Å². The summed E-state index contributed by atoms with van der Waals surface area (Å²) in [6, 6.07) is 15.9. The van der Waals surface area contributed by atoms with Crippen LogP contribution < -0.4 is 4.90 Å². The molecule has 6 nitrogen and oxygen atoms in total. The normalized spacial score (nSPS) is 11.3. The van der Waals surface area contributed by atoms with Crippen molar-refractivity contribution in [1.29, 1.82) is 0 Å². The largest absolute Gasteiger partial charge is 0.295 e. The molecule has 0 spiro atoms. The third-order valence-electron chi connectivity index (χ3n) is 4.79. The zero-order valence-electron chi connectivity index (χ0n) is 16.0. The molecule has 0 aliphatic rings. The lowest BCUT2D eigenvalue weighted by molar-refractivity contribution is 0.0978. The smallest absolute Gasteiger partial charge is 0.279 e. The molecule has 0 aliphatic heterocycles. The predicted molar refractivity (Wildman–Crippen MR) is 114 cm³/mol. The maximum absolute atomic E-state index is 14.3. The Hall–Kier alpha value is -3.65. The van der Waals surface area contributed by atoms with Gasteiger partial charge in [-0.05, 0) is 43.3 Å². The molecule has 4 heterocycles. The molecule has 0 bridgehead atoms. The standard InChI is InChI=1S/C22H16FN5OS/c1-14-20(27-12-5-3-10-18(27)25-14)21(29)28(13-15-7-2-4-11-24-15)22-26-19-16(23)8-6-9-17(19)30-22/h2-12H,13H2,1H3. The Morgan fingerprint density at radius 1 is 1.10 bits per heavy atom. The van der Waals surface area contributed by atoms with Gasteiger partial charge in [-0.3, -0.25) is 19.1 Å². The van der Waals surface area contributed by atoms with E-state index in [0.717, 1.165) is 0 Å². The Kier molecular flexibility index (Phi) is 4.48. The number of halogens is 1. The Bertz CT molecular complexity index is 1380. The maximum atomic E-state index is 14.3. The van der Waals surface area contributed by atoms with Gasteiger partial charge in [0.25, 0.3) is 5.91 Å². The molecule has 1 aromatic carbocycles. The van der Waals surface area contributed by atoms with Crippen molar-refractivity contribution < 1.29 is 9.18 Å². The number of anilines is 1. The summed E-state index contributed by atoms with van der Waals surface area (Å²) in [7, 11) is 0. The fourth-order valence-corrected chi connectivity index (χ4v) is 4.38. The molecule has 0 N–H and O–H groups in total. The average molecular weight is 417 g/mol. The molecule has 148 valence electrons. The number of hydrogen-bond donors (Lipinski definition) is 0. The van der Waals surface area contributed by atoms with Crippen molar-refractivity contribution in [2.24, 2.45) is 0 Å². The van der Waals surface area contributed by atoms with Gasteiger partial charge < -0.3 is 0 Å². The molecule has 4 aromatic heterocycles. The highest BCUT2D eigenvalue weighted by atomic mass is 32.1. The number of pyridine rings is 2.